The Balaban J connectivity index is 2.59. The van der Waals surface area contributed by atoms with Gasteiger partial charge in [0.1, 0.15) is 11.8 Å². The molecule has 1 rings (SSSR count). The van der Waals surface area contributed by atoms with Crippen LogP contribution in [0.2, 0.25) is 0 Å². The van der Waals surface area contributed by atoms with Crippen molar-refractivity contribution in [2.75, 3.05) is 11.9 Å². The normalized spacial score (nSPS) is 12.4. The lowest BCUT2D eigenvalue weighted by Crippen LogP contribution is -2.44. The van der Waals surface area contributed by atoms with Crippen molar-refractivity contribution in [3.05, 3.63) is 24.3 Å². The highest BCUT2D eigenvalue weighted by Gasteiger charge is 2.30. The lowest BCUT2D eigenvalue weighted by molar-refractivity contribution is -0.274. The quantitative estimate of drug-likeness (QED) is 0.743. The largest absolute Gasteiger partial charge is 0.573 e. The third-order valence-electron chi connectivity index (χ3n) is 2.27. The summed E-state index contributed by atoms with van der Waals surface area (Å²) in [4.78, 5) is 21.7. The molecule has 1 unspecified atom stereocenters. The van der Waals surface area contributed by atoms with Crippen LogP contribution in [-0.4, -0.2) is 35.9 Å². The SMILES string of the molecule is CC(=O)NC(CNc1ccc(OC(F)(F)F)cc1)C(=O)O. The number of halogens is 3. The Bertz CT molecular complexity index is 502. The van der Waals surface area contributed by atoms with Crippen LogP contribution in [0.1, 0.15) is 6.92 Å². The second kappa shape index (κ2) is 6.82. The summed E-state index contributed by atoms with van der Waals surface area (Å²) in [5.41, 5.74) is 0.390. The topological polar surface area (TPSA) is 87.7 Å². The Morgan fingerprint density at radius 3 is 2.29 bits per heavy atom. The molecular weight excluding hydrogens is 293 g/mol. The first kappa shape index (κ1) is 16.6. The predicted molar refractivity (Wildman–Crippen MR) is 66.9 cm³/mol. The van der Waals surface area contributed by atoms with E-state index >= 15 is 0 Å². The molecule has 1 aromatic carbocycles. The minimum Gasteiger partial charge on any atom is -0.480 e. The molecule has 0 aliphatic heterocycles. The number of alkyl halides is 3. The van der Waals surface area contributed by atoms with E-state index in [1.165, 1.54) is 19.1 Å². The zero-order valence-corrected chi connectivity index (χ0v) is 10.9. The average Bonchev–Trinajstić information content (AvgIpc) is 2.33. The maximum Gasteiger partial charge on any atom is 0.573 e. The molecule has 1 aromatic rings. The van der Waals surface area contributed by atoms with E-state index in [-0.39, 0.29) is 12.3 Å². The second-order valence-corrected chi connectivity index (χ2v) is 4.04. The van der Waals surface area contributed by atoms with E-state index in [9.17, 15) is 22.8 Å². The van der Waals surface area contributed by atoms with E-state index in [0.29, 0.717) is 5.69 Å². The van der Waals surface area contributed by atoms with Gasteiger partial charge in [-0.1, -0.05) is 0 Å². The standard InChI is InChI=1S/C12H13F3N2O4/c1-7(18)17-10(11(19)20)6-16-8-2-4-9(5-3-8)21-12(13,14)15/h2-5,10,16H,6H2,1H3,(H,17,18)(H,19,20). The van der Waals surface area contributed by atoms with Crippen LogP contribution in [0.25, 0.3) is 0 Å². The molecule has 0 aromatic heterocycles. The van der Waals surface area contributed by atoms with Crippen molar-refractivity contribution in [3.8, 4) is 5.75 Å². The molecule has 0 saturated heterocycles. The lowest BCUT2D eigenvalue weighted by atomic mass is 10.2. The molecule has 0 spiro atoms. The fourth-order valence-electron chi connectivity index (χ4n) is 1.44. The molecule has 0 heterocycles. The Hall–Kier alpha value is -2.45. The zero-order valence-electron chi connectivity index (χ0n) is 10.9. The van der Waals surface area contributed by atoms with E-state index in [1.807, 2.05) is 0 Å². The van der Waals surface area contributed by atoms with Crippen LogP contribution in [0.4, 0.5) is 18.9 Å². The number of ether oxygens (including phenoxy) is 1. The number of hydrogen-bond donors (Lipinski definition) is 3. The molecule has 3 N–H and O–H groups in total. The van der Waals surface area contributed by atoms with Crippen LogP contribution in [-0.2, 0) is 9.59 Å². The zero-order chi connectivity index (χ0) is 16.0. The van der Waals surface area contributed by atoms with Crippen molar-refractivity contribution in [2.45, 2.75) is 19.3 Å². The van der Waals surface area contributed by atoms with Gasteiger partial charge in [-0.25, -0.2) is 4.79 Å². The number of carbonyl (C=O) groups is 2. The monoisotopic (exact) mass is 306 g/mol. The summed E-state index contributed by atoms with van der Waals surface area (Å²) >= 11 is 0. The van der Waals surface area contributed by atoms with Gasteiger partial charge in [0.25, 0.3) is 0 Å². The van der Waals surface area contributed by atoms with Crippen LogP contribution in [0.15, 0.2) is 24.3 Å². The fourth-order valence-corrected chi connectivity index (χ4v) is 1.44. The molecule has 0 radical (unpaired) electrons. The van der Waals surface area contributed by atoms with Gasteiger partial charge in [-0.15, -0.1) is 13.2 Å². The molecular formula is C12H13F3N2O4. The number of amides is 1. The minimum absolute atomic E-state index is 0.117. The summed E-state index contributed by atoms with van der Waals surface area (Å²) in [5, 5.41) is 13.8. The van der Waals surface area contributed by atoms with Gasteiger partial charge in [-0.05, 0) is 24.3 Å². The van der Waals surface area contributed by atoms with Gasteiger partial charge in [0.2, 0.25) is 5.91 Å². The van der Waals surface area contributed by atoms with Crippen molar-refractivity contribution < 1.29 is 32.6 Å². The molecule has 0 saturated carbocycles. The minimum atomic E-state index is -4.77. The molecule has 0 bridgehead atoms. The summed E-state index contributed by atoms with van der Waals surface area (Å²) in [5.74, 6) is -2.11. The highest BCUT2D eigenvalue weighted by Crippen LogP contribution is 2.23. The molecule has 21 heavy (non-hydrogen) atoms. The summed E-state index contributed by atoms with van der Waals surface area (Å²) < 4.78 is 39.6. The number of nitrogens with one attached hydrogen (secondary N) is 2. The van der Waals surface area contributed by atoms with Crippen molar-refractivity contribution in [1.82, 2.24) is 5.32 Å². The number of carbonyl (C=O) groups excluding carboxylic acids is 1. The summed E-state index contributed by atoms with van der Waals surface area (Å²) in [7, 11) is 0. The molecule has 9 heteroatoms. The van der Waals surface area contributed by atoms with E-state index in [0.717, 1.165) is 12.1 Å². The van der Waals surface area contributed by atoms with Gasteiger partial charge in [0, 0.05) is 19.2 Å². The number of carboxylic acid groups (broad SMARTS) is 1. The highest BCUT2D eigenvalue weighted by atomic mass is 19.4. The number of benzene rings is 1. The van der Waals surface area contributed by atoms with Crippen molar-refractivity contribution in [2.24, 2.45) is 0 Å². The number of anilines is 1. The molecule has 116 valence electrons. The van der Waals surface area contributed by atoms with Crippen LogP contribution in [0.3, 0.4) is 0 Å². The van der Waals surface area contributed by atoms with Crippen LogP contribution in [0, 0.1) is 0 Å². The molecule has 6 nitrogen and oxygen atoms in total. The lowest BCUT2D eigenvalue weighted by Gasteiger charge is -2.15. The Kier molecular flexibility index (Phi) is 5.39. The first-order valence-electron chi connectivity index (χ1n) is 5.77. The number of rotatable bonds is 6. The van der Waals surface area contributed by atoms with Gasteiger partial charge in [0.15, 0.2) is 0 Å². The predicted octanol–water partition coefficient (Wildman–Crippen LogP) is 1.59. The Morgan fingerprint density at radius 2 is 1.86 bits per heavy atom. The molecule has 0 aliphatic carbocycles. The first-order valence-corrected chi connectivity index (χ1v) is 5.77. The molecule has 1 amide bonds. The van der Waals surface area contributed by atoms with Gasteiger partial charge >= 0.3 is 12.3 Å². The van der Waals surface area contributed by atoms with Crippen molar-refractivity contribution in [1.29, 1.82) is 0 Å². The van der Waals surface area contributed by atoms with E-state index in [1.54, 1.807) is 0 Å². The van der Waals surface area contributed by atoms with Crippen LogP contribution >= 0.6 is 0 Å². The number of carboxylic acids is 1. The van der Waals surface area contributed by atoms with Crippen molar-refractivity contribution in [3.63, 3.8) is 0 Å². The number of hydrogen-bond acceptors (Lipinski definition) is 4. The summed E-state index contributed by atoms with van der Waals surface area (Å²) in [6.45, 7) is 1.06. The molecule has 0 aliphatic rings. The smallest absolute Gasteiger partial charge is 0.480 e. The maximum absolute atomic E-state index is 12.0. The van der Waals surface area contributed by atoms with Crippen LogP contribution < -0.4 is 15.4 Å². The van der Waals surface area contributed by atoms with E-state index in [2.05, 4.69) is 15.4 Å². The number of aliphatic carboxylic acids is 1. The maximum atomic E-state index is 12.0. The first-order chi connectivity index (χ1) is 9.67. The Morgan fingerprint density at radius 1 is 1.29 bits per heavy atom. The van der Waals surface area contributed by atoms with E-state index < -0.39 is 24.3 Å². The van der Waals surface area contributed by atoms with Gasteiger partial charge in [-0.2, -0.15) is 0 Å². The second-order valence-electron chi connectivity index (χ2n) is 4.04. The molecule has 1 atom stereocenters. The van der Waals surface area contributed by atoms with Gasteiger partial charge in [-0.3, -0.25) is 4.79 Å². The Labute approximate surface area is 117 Å². The third kappa shape index (κ3) is 6.50. The highest BCUT2D eigenvalue weighted by molar-refractivity contribution is 5.82. The van der Waals surface area contributed by atoms with Crippen molar-refractivity contribution >= 4 is 17.6 Å². The summed E-state index contributed by atoms with van der Waals surface area (Å²) in [6.07, 6.45) is -4.77. The molecule has 0 fully saturated rings. The van der Waals surface area contributed by atoms with Crippen LogP contribution in [0.5, 0.6) is 5.75 Å². The summed E-state index contributed by atoms with van der Waals surface area (Å²) in [6, 6.07) is 3.63. The van der Waals surface area contributed by atoms with Gasteiger partial charge < -0.3 is 20.5 Å². The third-order valence-corrected chi connectivity index (χ3v) is 2.27. The van der Waals surface area contributed by atoms with Gasteiger partial charge in [0.05, 0.1) is 0 Å². The fraction of sp³-hybridized carbons (Fsp3) is 0.333. The average molecular weight is 306 g/mol. The van der Waals surface area contributed by atoms with E-state index in [4.69, 9.17) is 5.11 Å².